The third kappa shape index (κ3) is 3.26. The number of nitrogens with zero attached hydrogens (tertiary/aromatic N) is 4. The van der Waals surface area contributed by atoms with Gasteiger partial charge in [0.1, 0.15) is 0 Å². The van der Waals surface area contributed by atoms with Crippen LogP contribution in [-0.4, -0.2) is 29.9 Å². The van der Waals surface area contributed by atoms with Gasteiger partial charge in [-0.15, -0.1) is 0 Å². The predicted octanol–water partition coefficient (Wildman–Crippen LogP) is 1.32. The average molecular weight is 306 g/mol. The van der Waals surface area contributed by atoms with Gasteiger partial charge in [-0.2, -0.15) is 14.6 Å². The molecule has 2 rings (SSSR count). The first kappa shape index (κ1) is 15.2. The van der Waals surface area contributed by atoms with Crippen LogP contribution in [0.15, 0.2) is 33.7 Å². The molecule has 0 fully saturated rings. The van der Waals surface area contributed by atoms with Crippen molar-refractivity contribution in [2.45, 2.75) is 24.8 Å². The summed E-state index contributed by atoms with van der Waals surface area (Å²) in [7, 11) is -2.23. The molecule has 0 N–H and O–H groups in total. The van der Waals surface area contributed by atoms with Crippen molar-refractivity contribution in [1.82, 2.24) is 14.4 Å². The van der Waals surface area contributed by atoms with Gasteiger partial charge in [0.2, 0.25) is 15.9 Å². The fraction of sp³-hybridized carbons (Fsp3) is 0.308. The van der Waals surface area contributed by atoms with E-state index >= 15 is 0 Å². The summed E-state index contributed by atoms with van der Waals surface area (Å²) in [6, 6.07) is 7.66. The Morgan fingerprint density at radius 3 is 2.52 bits per heavy atom. The van der Waals surface area contributed by atoms with Gasteiger partial charge in [0.05, 0.1) is 23.1 Å². The van der Waals surface area contributed by atoms with Crippen LogP contribution in [0.25, 0.3) is 0 Å². The highest BCUT2D eigenvalue weighted by Gasteiger charge is 2.22. The summed E-state index contributed by atoms with van der Waals surface area (Å²) in [5.41, 5.74) is 0.404. The molecule has 0 radical (unpaired) electrons. The van der Waals surface area contributed by atoms with E-state index in [1.807, 2.05) is 13.0 Å². The average Bonchev–Trinajstić information content (AvgIpc) is 2.95. The number of rotatable bonds is 5. The first-order valence-corrected chi connectivity index (χ1v) is 7.69. The van der Waals surface area contributed by atoms with Crippen LogP contribution in [0.4, 0.5) is 0 Å². The quantitative estimate of drug-likeness (QED) is 0.826. The fourth-order valence-electron chi connectivity index (χ4n) is 1.65. The summed E-state index contributed by atoms with van der Waals surface area (Å²) in [4.78, 5) is 4.19. The maximum atomic E-state index is 12.4. The molecule has 1 aromatic heterocycles. The van der Waals surface area contributed by atoms with Gasteiger partial charge in [0.15, 0.2) is 5.82 Å². The van der Waals surface area contributed by atoms with Crippen molar-refractivity contribution in [3.8, 4) is 6.07 Å². The van der Waals surface area contributed by atoms with Crippen molar-refractivity contribution < 1.29 is 12.9 Å². The maximum Gasteiger partial charge on any atom is 0.243 e. The monoisotopic (exact) mass is 306 g/mol. The smallest absolute Gasteiger partial charge is 0.243 e. The van der Waals surface area contributed by atoms with Gasteiger partial charge < -0.3 is 4.52 Å². The standard InChI is InChI=1S/C13H14N4O3S/c1-3-12-15-13(20-16-12)9-17(2)21(18,19)11-6-4-10(8-14)5-7-11/h4-7H,3,9H2,1-2H3. The SMILES string of the molecule is CCc1noc(CN(C)S(=O)(=O)c2ccc(C#N)cc2)n1. The van der Waals surface area contributed by atoms with Crippen molar-refractivity contribution in [3.05, 3.63) is 41.5 Å². The van der Waals surface area contributed by atoms with Crippen molar-refractivity contribution in [2.75, 3.05) is 7.05 Å². The van der Waals surface area contributed by atoms with Gasteiger partial charge in [0, 0.05) is 13.5 Å². The minimum Gasteiger partial charge on any atom is -0.338 e. The third-order valence-electron chi connectivity index (χ3n) is 2.88. The second kappa shape index (κ2) is 6.03. The maximum absolute atomic E-state index is 12.4. The van der Waals surface area contributed by atoms with Gasteiger partial charge >= 0.3 is 0 Å². The van der Waals surface area contributed by atoms with Crippen LogP contribution in [0, 0.1) is 11.3 Å². The molecule has 0 aliphatic carbocycles. The summed E-state index contributed by atoms with van der Waals surface area (Å²) >= 11 is 0. The van der Waals surface area contributed by atoms with E-state index in [9.17, 15) is 8.42 Å². The highest BCUT2D eigenvalue weighted by Crippen LogP contribution is 2.16. The molecule has 0 spiro atoms. The van der Waals surface area contributed by atoms with E-state index in [0.29, 0.717) is 17.8 Å². The molecule has 0 atom stereocenters. The molecule has 0 saturated carbocycles. The van der Waals surface area contributed by atoms with Crippen molar-refractivity contribution in [3.63, 3.8) is 0 Å². The van der Waals surface area contributed by atoms with E-state index in [1.165, 1.54) is 31.3 Å². The van der Waals surface area contributed by atoms with Crippen LogP contribution in [0.5, 0.6) is 0 Å². The lowest BCUT2D eigenvalue weighted by Crippen LogP contribution is -2.26. The number of nitriles is 1. The number of sulfonamides is 1. The molecule has 1 heterocycles. The number of benzene rings is 1. The Morgan fingerprint density at radius 1 is 1.33 bits per heavy atom. The molecule has 2 aromatic rings. The molecule has 21 heavy (non-hydrogen) atoms. The molecular formula is C13H14N4O3S. The molecule has 0 unspecified atom stereocenters. The third-order valence-corrected chi connectivity index (χ3v) is 4.69. The molecule has 0 saturated heterocycles. The zero-order chi connectivity index (χ0) is 15.5. The molecule has 7 nitrogen and oxygen atoms in total. The van der Waals surface area contributed by atoms with Crippen LogP contribution in [0.1, 0.15) is 24.2 Å². The van der Waals surface area contributed by atoms with Gasteiger partial charge in [-0.1, -0.05) is 12.1 Å². The Hall–Kier alpha value is -2.24. The Morgan fingerprint density at radius 2 is 2.00 bits per heavy atom. The fourth-order valence-corrected chi connectivity index (χ4v) is 2.78. The van der Waals surface area contributed by atoms with Crippen LogP contribution in [0.3, 0.4) is 0 Å². The zero-order valence-corrected chi connectivity index (χ0v) is 12.5. The number of aryl methyl sites for hydroxylation is 1. The lowest BCUT2D eigenvalue weighted by atomic mass is 10.2. The Bertz CT molecular complexity index is 759. The normalized spacial score (nSPS) is 11.5. The van der Waals surface area contributed by atoms with E-state index in [1.54, 1.807) is 0 Å². The summed E-state index contributed by atoms with van der Waals surface area (Å²) in [5.74, 6) is 0.778. The molecule has 0 aliphatic rings. The lowest BCUT2D eigenvalue weighted by molar-refractivity contribution is 0.334. The van der Waals surface area contributed by atoms with Crippen molar-refractivity contribution in [1.29, 1.82) is 5.26 Å². The second-order valence-electron chi connectivity index (χ2n) is 4.36. The van der Waals surface area contributed by atoms with Gasteiger partial charge in [-0.3, -0.25) is 0 Å². The number of hydrogen-bond donors (Lipinski definition) is 0. The van der Waals surface area contributed by atoms with Crippen LogP contribution in [-0.2, 0) is 23.0 Å². The van der Waals surface area contributed by atoms with Gasteiger partial charge in [-0.25, -0.2) is 8.42 Å². The molecule has 0 bridgehead atoms. The van der Waals surface area contributed by atoms with Crippen LogP contribution in [0.2, 0.25) is 0 Å². The number of aromatic nitrogens is 2. The lowest BCUT2D eigenvalue weighted by Gasteiger charge is -2.14. The molecule has 110 valence electrons. The van der Waals surface area contributed by atoms with Crippen molar-refractivity contribution in [2.24, 2.45) is 0 Å². The Balaban J connectivity index is 2.19. The van der Waals surface area contributed by atoms with Crippen LogP contribution < -0.4 is 0 Å². The Labute approximate surface area is 122 Å². The van der Waals surface area contributed by atoms with E-state index in [0.717, 1.165) is 4.31 Å². The zero-order valence-electron chi connectivity index (χ0n) is 11.6. The first-order chi connectivity index (χ1) is 9.97. The van der Waals surface area contributed by atoms with Gasteiger partial charge in [-0.05, 0) is 24.3 Å². The highest BCUT2D eigenvalue weighted by molar-refractivity contribution is 7.89. The largest absolute Gasteiger partial charge is 0.338 e. The van der Waals surface area contributed by atoms with E-state index in [4.69, 9.17) is 9.78 Å². The van der Waals surface area contributed by atoms with Crippen LogP contribution >= 0.6 is 0 Å². The molecular weight excluding hydrogens is 292 g/mol. The molecule has 0 aliphatic heterocycles. The summed E-state index contributed by atoms with van der Waals surface area (Å²) < 4.78 is 30.8. The Kier molecular flexibility index (Phi) is 4.35. The molecule has 8 heteroatoms. The first-order valence-electron chi connectivity index (χ1n) is 6.25. The second-order valence-corrected chi connectivity index (χ2v) is 6.40. The minimum absolute atomic E-state index is 0.00463. The summed E-state index contributed by atoms with van der Waals surface area (Å²) in [6.07, 6.45) is 0.621. The van der Waals surface area contributed by atoms with E-state index in [-0.39, 0.29) is 17.3 Å². The molecule has 1 aromatic carbocycles. The van der Waals surface area contributed by atoms with Gasteiger partial charge in [0.25, 0.3) is 0 Å². The number of hydrogen-bond acceptors (Lipinski definition) is 6. The van der Waals surface area contributed by atoms with Crippen molar-refractivity contribution >= 4 is 10.0 Å². The predicted molar refractivity (Wildman–Crippen MR) is 73.5 cm³/mol. The molecule has 0 amide bonds. The van der Waals surface area contributed by atoms with E-state index in [2.05, 4.69) is 10.1 Å². The topological polar surface area (TPSA) is 100 Å². The summed E-state index contributed by atoms with van der Waals surface area (Å²) in [5, 5.41) is 12.4. The highest BCUT2D eigenvalue weighted by atomic mass is 32.2. The van der Waals surface area contributed by atoms with E-state index < -0.39 is 10.0 Å². The summed E-state index contributed by atoms with van der Waals surface area (Å²) in [6.45, 7) is 1.88. The minimum atomic E-state index is -3.66.